The normalized spacial score (nSPS) is 27.9. The van der Waals surface area contributed by atoms with Crippen LogP contribution in [0.15, 0.2) is 12.2 Å². The predicted molar refractivity (Wildman–Crippen MR) is 37.3 cm³/mol. The molecule has 1 rings (SSSR count). The highest BCUT2D eigenvalue weighted by Gasteiger charge is 2.08. The van der Waals surface area contributed by atoms with Gasteiger partial charge < -0.3 is 10.4 Å². The minimum atomic E-state index is 0.165. The molecule has 1 atom stereocenters. The van der Waals surface area contributed by atoms with Gasteiger partial charge in [-0.05, 0) is 19.4 Å². The summed E-state index contributed by atoms with van der Waals surface area (Å²) in [7, 11) is 0. The van der Waals surface area contributed by atoms with Gasteiger partial charge in [0, 0.05) is 6.04 Å². The number of rotatable bonds is 2. The zero-order valence-corrected chi connectivity index (χ0v) is 5.51. The highest BCUT2D eigenvalue weighted by molar-refractivity contribution is 4.95. The van der Waals surface area contributed by atoms with Crippen molar-refractivity contribution < 1.29 is 5.11 Å². The summed E-state index contributed by atoms with van der Waals surface area (Å²) >= 11 is 0. The van der Waals surface area contributed by atoms with Gasteiger partial charge in [0.25, 0.3) is 0 Å². The first-order valence-electron chi connectivity index (χ1n) is 3.44. The molecule has 2 heteroatoms. The van der Waals surface area contributed by atoms with E-state index in [2.05, 4.69) is 5.32 Å². The zero-order valence-electron chi connectivity index (χ0n) is 5.51. The minimum absolute atomic E-state index is 0.165. The summed E-state index contributed by atoms with van der Waals surface area (Å²) < 4.78 is 0. The van der Waals surface area contributed by atoms with Gasteiger partial charge in [0.15, 0.2) is 0 Å². The summed E-state index contributed by atoms with van der Waals surface area (Å²) in [6.07, 6.45) is 6.31. The number of nitrogens with one attached hydrogen (secondary N) is 1. The molecule has 0 bridgehead atoms. The lowest BCUT2D eigenvalue weighted by atomic mass is 10.2. The Morgan fingerprint density at radius 1 is 1.67 bits per heavy atom. The second-order valence-corrected chi connectivity index (χ2v) is 2.31. The van der Waals surface area contributed by atoms with Crippen LogP contribution in [0.4, 0.5) is 0 Å². The van der Waals surface area contributed by atoms with Crippen LogP contribution in [0.2, 0.25) is 0 Å². The van der Waals surface area contributed by atoms with Crippen LogP contribution in [0.3, 0.4) is 0 Å². The molecule has 0 aromatic rings. The summed E-state index contributed by atoms with van der Waals surface area (Å²) in [6, 6.07) is 0.525. The van der Waals surface area contributed by atoms with E-state index in [4.69, 9.17) is 5.11 Å². The number of hydrogen-bond acceptors (Lipinski definition) is 2. The van der Waals surface area contributed by atoms with Crippen molar-refractivity contribution in [2.45, 2.75) is 18.9 Å². The van der Waals surface area contributed by atoms with Crippen LogP contribution in [-0.4, -0.2) is 24.3 Å². The average molecular weight is 127 g/mol. The molecule has 2 N–H and O–H groups in total. The maximum Gasteiger partial charge on any atom is 0.0612 e. The van der Waals surface area contributed by atoms with Crippen molar-refractivity contribution in [1.29, 1.82) is 0 Å². The molecule has 0 saturated carbocycles. The van der Waals surface area contributed by atoms with Crippen molar-refractivity contribution in [3.63, 3.8) is 0 Å². The van der Waals surface area contributed by atoms with E-state index in [1.165, 1.54) is 12.8 Å². The van der Waals surface area contributed by atoms with E-state index in [9.17, 15) is 0 Å². The fourth-order valence-electron chi connectivity index (χ4n) is 1.10. The Morgan fingerprint density at radius 3 is 3.11 bits per heavy atom. The van der Waals surface area contributed by atoms with Crippen LogP contribution in [-0.2, 0) is 0 Å². The highest BCUT2D eigenvalue weighted by atomic mass is 16.2. The van der Waals surface area contributed by atoms with Gasteiger partial charge in [0.1, 0.15) is 0 Å². The van der Waals surface area contributed by atoms with Gasteiger partial charge >= 0.3 is 0 Å². The third-order valence-electron chi connectivity index (χ3n) is 1.57. The van der Waals surface area contributed by atoms with Crippen LogP contribution < -0.4 is 5.32 Å². The molecule has 0 spiro atoms. The quantitative estimate of drug-likeness (QED) is 0.522. The second kappa shape index (κ2) is 3.64. The van der Waals surface area contributed by atoms with E-state index in [1.807, 2.05) is 6.08 Å². The molecular formula is C7H13NO. The van der Waals surface area contributed by atoms with Crippen LogP contribution in [0.25, 0.3) is 0 Å². The van der Waals surface area contributed by atoms with Crippen molar-refractivity contribution in [2.75, 3.05) is 13.2 Å². The molecule has 1 heterocycles. The molecule has 9 heavy (non-hydrogen) atoms. The van der Waals surface area contributed by atoms with Gasteiger partial charge in [0.2, 0.25) is 0 Å². The molecule has 1 aliphatic rings. The topological polar surface area (TPSA) is 32.3 Å². The van der Waals surface area contributed by atoms with E-state index < -0.39 is 0 Å². The molecule has 0 aromatic carbocycles. The maximum atomic E-state index is 8.41. The smallest absolute Gasteiger partial charge is 0.0612 e. The molecule has 0 unspecified atom stereocenters. The Hall–Kier alpha value is -0.340. The molecule has 2 nitrogen and oxygen atoms in total. The Kier molecular flexibility index (Phi) is 2.74. The van der Waals surface area contributed by atoms with Crippen LogP contribution in [0, 0.1) is 0 Å². The molecule has 1 saturated heterocycles. The lowest BCUT2D eigenvalue weighted by Gasteiger charge is -2.00. The van der Waals surface area contributed by atoms with Crippen LogP contribution >= 0.6 is 0 Å². The fraction of sp³-hybridized carbons (Fsp3) is 0.714. The van der Waals surface area contributed by atoms with Crippen LogP contribution in [0.5, 0.6) is 0 Å². The molecule has 0 amide bonds. The summed E-state index contributed by atoms with van der Waals surface area (Å²) in [5.74, 6) is 0. The second-order valence-electron chi connectivity index (χ2n) is 2.31. The molecule has 1 fully saturated rings. The Morgan fingerprint density at radius 2 is 2.56 bits per heavy atom. The Bertz CT molecular complexity index is 95.1. The summed E-state index contributed by atoms with van der Waals surface area (Å²) in [6.45, 7) is 1.29. The van der Waals surface area contributed by atoms with Crippen molar-refractivity contribution in [1.82, 2.24) is 5.32 Å². The van der Waals surface area contributed by atoms with Crippen LogP contribution in [0.1, 0.15) is 12.8 Å². The lowest BCUT2D eigenvalue weighted by molar-refractivity contribution is 0.342. The van der Waals surface area contributed by atoms with E-state index in [-0.39, 0.29) is 6.61 Å². The summed E-state index contributed by atoms with van der Waals surface area (Å²) in [5.41, 5.74) is 0. The maximum absolute atomic E-state index is 8.41. The molecular weight excluding hydrogens is 114 g/mol. The third-order valence-corrected chi connectivity index (χ3v) is 1.57. The van der Waals surface area contributed by atoms with Gasteiger partial charge in [0.05, 0.1) is 6.61 Å². The van der Waals surface area contributed by atoms with E-state index in [1.54, 1.807) is 6.08 Å². The van der Waals surface area contributed by atoms with Gasteiger partial charge in [-0.25, -0.2) is 0 Å². The fourth-order valence-corrected chi connectivity index (χ4v) is 1.10. The Balaban J connectivity index is 2.18. The van der Waals surface area contributed by atoms with Crippen molar-refractivity contribution in [3.8, 4) is 0 Å². The first-order chi connectivity index (χ1) is 4.43. The highest BCUT2D eigenvalue weighted by Crippen LogP contribution is 2.04. The van der Waals surface area contributed by atoms with E-state index >= 15 is 0 Å². The van der Waals surface area contributed by atoms with Gasteiger partial charge in [-0.15, -0.1) is 0 Å². The van der Waals surface area contributed by atoms with E-state index in [0.29, 0.717) is 6.04 Å². The summed E-state index contributed by atoms with van der Waals surface area (Å²) in [4.78, 5) is 0. The van der Waals surface area contributed by atoms with Gasteiger partial charge in [-0.2, -0.15) is 0 Å². The largest absolute Gasteiger partial charge is 0.392 e. The average Bonchev–Trinajstić information content (AvgIpc) is 2.34. The molecule has 0 aromatic heterocycles. The van der Waals surface area contributed by atoms with Gasteiger partial charge in [-0.3, -0.25) is 0 Å². The van der Waals surface area contributed by atoms with Crippen molar-refractivity contribution in [3.05, 3.63) is 12.2 Å². The zero-order chi connectivity index (χ0) is 6.53. The number of aliphatic hydroxyl groups is 1. The molecule has 0 radical (unpaired) electrons. The SMILES string of the molecule is OC/C=C/[C@@H]1CCCN1. The monoisotopic (exact) mass is 127 g/mol. The molecule has 1 aliphatic heterocycles. The van der Waals surface area contributed by atoms with Crippen molar-refractivity contribution >= 4 is 0 Å². The molecule has 0 aliphatic carbocycles. The Labute approximate surface area is 55.6 Å². The van der Waals surface area contributed by atoms with Crippen molar-refractivity contribution in [2.24, 2.45) is 0 Å². The third kappa shape index (κ3) is 2.16. The number of hydrogen-bond donors (Lipinski definition) is 2. The van der Waals surface area contributed by atoms with Gasteiger partial charge in [-0.1, -0.05) is 12.2 Å². The molecule has 52 valence electrons. The lowest BCUT2D eigenvalue weighted by Crippen LogP contribution is -2.18. The first kappa shape index (κ1) is 6.78. The summed E-state index contributed by atoms with van der Waals surface area (Å²) in [5, 5.41) is 11.7. The first-order valence-corrected chi connectivity index (χ1v) is 3.44. The number of aliphatic hydroxyl groups excluding tert-OH is 1. The standard InChI is InChI=1S/C7H13NO/c9-6-2-4-7-3-1-5-8-7/h2,4,7-9H,1,3,5-6H2/b4-2+/t7-/m0/s1. The predicted octanol–water partition coefficient (Wildman–Crippen LogP) is 0.287. The van der Waals surface area contributed by atoms with E-state index in [0.717, 1.165) is 6.54 Å². The minimum Gasteiger partial charge on any atom is -0.392 e.